The normalized spacial score (nSPS) is 12.4. The first-order chi connectivity index (χ1) is 13.2. The van der Waals surface area contributed by atoms with Gasteiger partial charge in [0.05, 0.1) is 23.9 Å². The molecule has 0 aliphatic carbocycles. The zero-order chi connectivity index (χ0) is 20.7. The number of carbonyl (C=O) groups is 1. The van der Waals surface area contributed by atoms with Crippen molar-refractivity contribution in [3.05, 3.63) is 60.2 Å². The van der Waals surface area contributed by atoms with Crippen LogP contribution in [0, 0.1) is 11.3 Å². The molecule has 0 spiro atoms. The van der Waals surface area contributed by atoms with Gasteiger partial charge >= 0.3 is 0 Å². The van der Waals surface area contributed by atoms with Crippen molar-refractivity contribution in [2.75, 3.05) is 31.3 Å². The van der Waals surface area contributed by atoms with Crippen LogP contribution >= 0.6 is 0 Å². The summed E-state index contributed by atoms with van der Waals surface area (Å²) in [5.74, 6) is -0.0939. The summed E-state index contributed by atoms with van der Waals surface area (Å²) in [6, 6.07) is 18.0. The van der Waals surface area contributed by atoms with Crippen molar-refractivity contribution >= 4 is 21.4 Å². The highest BCUT2D eigenvalue weighted by molar-refractivity contribution is 7.90. The van der Waals surface area contributed by atoms with Gasteiger partial charge in [-0.25, -0.2) is 8.42 Å². The van der Waals surface area contributed by atoms with Crippen LogP contribution in [0.15, 0.2) is 59.5 Å². The largest absolute Gasteiger partial charge is 0.310 e. The zero-order valence-electron chi connectivity index (χ0n) is 16.4. The number of sulfone groups is 1. The van der Waals surface area contributed by atoms with Gasteiger partial charge in [0, 0.05) is 24.5 Å². The van der Waals surface area contributed by atoms with Crippen LogP contribution in [0.1, 0.15) is 24.9 Å². The second kappa shape index (κ2) is 9.49. The number of anilines is 1. The van der Waals surface area contributed by atoms with E-state index in [-0.39, 0.29) is 29.8 Å². The van der Waals surface area contributed by atoms with E-state index in [2.05, 4.69) is 6.07 Å². The van der Waals surface area contributed by atoms with Crippen molar-refractivity contribution in [2.45, 2.75) is 24.3 Å². The standard InChI is InChI=1S/C21H25N3O3S/c1-17(18-10-12-20(13-11-18)28(3,26)27)23(2)16-21(25)24(15-7-14-22)19-8-5-4-6-9-19/h4-6,8-13,17H,7,15-16H2,1-3H3. The number of likely N-dealkylation sites (N-methyl/N-ethyl adjacent to an activating group) is 1. The first kappa shape index (κ1) is 21.6. The molecule has 0 aliphatic rings. The highest BCUT2D eigenvalue weighted by atomic mass is 32.2. The molecule has 7 heteroatoms. The predicted octanol–water partition coefficient (Wildman–Crippen LogP) is 3.03. The quantitative estimate of drug-likeness (QED) is 0.681. The predicted molar refractivity (Wildman–Crippen MR) is 110 cm³/mol. The van der Waals surface area contributed by atoms with E-state index in [1.165, 1.54) is 6.26 Å². The van der Waals surface area contributed by atoms with Crippen molar-refractivity contribution in [3.63, 3.8) is 0 Å². The summed E-state index contributed by atoms with van der Waals surface area (Å²) in [5, 5.41) is 8.90. The van der Waals surface area contributed by atoms with Gasteiger partial charge in [-0.1, -0.05) is 30.3 Å². The van der Waals surface area contributed by atoms with Gasteiger partial charge in [-0.2, -0.15) is 5.26 Å². The fraction of sp³-hybridized carbons (Fsp3) is 0.333. The number of benzene rings is 2. The maximum atomic E-state index is 12.9. The van der Waals surface area contributed by atoms with Crippen molar-refractivity contribution in [1.29, 1.82) is 5.26 Å². The van der Waals surface area contributed by atoms with Gasteiger partial charge in [0.25, 0.3) is 0 Å². The number of nitrogens with zero attached hydrogens (tertiary/aromatic N) is 3. The van der Waals surface area contributed by atoms with E-state index in [0.29, 0.717) is 6.54 Å². The Morgan fingerprint density at radius 3 is 2.25 bits per heavy atom. The number of carbonyl (C=O) groups excluding carboxylic acids is 1. The van der Waals surface area contributed by atoms with Gasteiger partial charge in [-0.15, -0.1) is 0 Å². The van der Waals surface area contributed by atoms with Crippen LogP contribution in [0.4, 0.5) is 5.69 Å². The van der Waals surface area contributed by atoms with Gasteiger partial charge in [-0.3, -0.25) is 9.69 Å². The third kappa shape index (κ3) is 5.65. The first-order valence-corrected chi connectivity index (χ1v) is 10.9. The fourth-order valence-electron chi connectivity index (χ4n) is 2.85. The minimum absolute atomic E-state index is 0.0776. The Bertz CT molecular complexity index is 935. The molecule has 6 nitrogen and oxygen atoms in total. The smallest absolute Gasteiger partial charge is 0.241 e. The van der Waals surface area contributed by atoms with E-state index in [9.17, 15) is 13.2 Å². The highest BCUT2D eigenvalue weighted by Gasteiger charge is 2.21. The monoisotopic (exact) mass is 399 g/mol. The molecule has 1 amide bonds. The minimum atomic E-state index is -3.24. The lowest BCUT2D eigenvalue weighted by molar-refractivity contribution is -0.119. The molecule has 0 heterocycles. The molecule has 0 radical (unpaired) electrons. The molecular weight excluding hydrogens is 374 g/mol. The van der Waals surface area contributed by atoms with Crippen molar-refractivity contribution in [3.8, 4) is 6.07 Å². The molecule has 0 fully saturated rings. The molecule has 0 N–H and O–H groups in total. The highest BCUT2D eigenvalue weighted by Crippen LogP contribution is 2.22. The Labute approximate surface area is 166 Å². The van der Waals surface area contributed by atoms with Gasteiger partial charge in [-0.05, 0) is 43.8 Å². The lowest BCUT2D eigenvalue weighted by Gasteiger charge is -2.28. The second-order valence-electron chi connectivity index (χ2n) is 6.72. The lowest BCUT2D eigenvalue weighted by Crippen LogP contribution is -2.40. The number of amides is 1. The number of para-hydroxylation sites is 1. The van der Waals surface area contributed by atoms with E-state index in [1.54, 1.807) is 29.2 Å². The van der Waals surface area contributed by atoms with Gasteiger partial charge in [0.1, 0.15) is 0 Å². The second-order valence-corrected chi connectivity index (χ2v) is 8.74. The van der Waals surface area contributed by atoms with Crippen LogP contribution in [-0.4, -0.2) is 45.6 Å². The summed E-state index contributed by atoms with van der Waals surface area (Å²) in [6.45, 7) is 2.48. The van der Waals surface area contributed by atoms with Crippen LogP contribution in [0.5, 0.6) is 0 Å². The third-order valence-electron chi connectivity index (χ3n) is 4.65. The van der Waals surface area contributed by atoms with E-state index in [4.69, 9.17) is 5.26 Å². The first-order valence-electron chi connectivity index (χ1n) is 8.96. The minimum Gasteiger partial charge on any atom is -0.310 e. The maximum absolute atomic E-state index is 12.9. The maximum Gasteiger partial charge on any atom is 0.241 e. The van der Waals surface area contributed by atoms with Crippen LogP contribution in [0.25, 0.3) is 0 Å². The molecular formula is C21H25N3O3S. The van der Waals surface area contributed by atoms with Crippen LogP contribution in [0.3, 0.4) is 0 Å². The van der Waals surface area contributed by atoms with E-state index < -0.39 is 9.84 Å². The summed E-state index contributed by atoms with van der Waals surface area (Å²) in [6.07, 6.45) is 1.43. The Balaban J connectivity index is 2.11. The molecule has 2 aromatic carbocycles. The number of hydrogen-bond donors (Lipinski definition) is 0. The Hall–Kier alpha value is -2.69. The SMILES string of the molecule is CC(c1ccc(S(C)(=O)=O)cc1)N(C)CC(=O)N(CCC#N)c1ccccc1. The number of nitriles is 1. The van der Waals surface area contributed by atoms with Gasteiger partial charge in [0.15, 0.2) is 9.84 Å². The Kier molecular flexibility index (Phi) is 7.32. The molecule has 0 aromatic heterocycles. The summed E-state index contributed by atoms with van der Waals surface area (Å²) < 4.78 is 23.2. The Morgan fingerprint density at radius 1 is 1.11 bits per heavy atom. The summed E-state index contributed by atoms with van der Waals surface area (Å²) in [7, 11) is -1.39. The van der Waals surface area contributed by atoms with E-state index in [1.807, 2.05) is 49.2 Å². The fourth-order valence-corrected chi connectivity index (χ4v) is 3.48. The van der Waals surface area contributed by atoms with Gasteiger partial charge < -0.3 is 4.90 Å². The van der Waals surface area contributed by atoms with Gasteiger partial charge in [0.2, 0.25) is 5.91 Å². The average Bonchev–Trinajstić information content (AvgIpc) is 2.68. The molecule has 1 atom stereocenters. The van der Waals surface area contributed by atoms with E-state index in [0.717, 1.165) is 11.3 Å². The molecule has 0 saturated carbocycles. The zero-order valence-corrected chi connectivity index (χ0v) is 17.2. The molecule has 0 saturated heterocycles. The number of hydrogen-bond acceptors (Lipinski definition) is 5. The number of rotatable bonds is 8. The molecule has 28 heavy (non-hydrogen) atoms. The third-order valence-corrected chi connectivity index (χ3v) is 5.78. The van der Waals surface area contributed by atoms with Crippen molar-refractivity contribution in [1.82, 2.24) is 4.90 Å². The summed E-state index contributed by atoms with van der Waals surface area (Å²) in [4.78, 5) is 16.7. The van der Waals surface area contributed by atoms with Crippen molar-refractivity contribution in [2.24, 2.45) is 0 Å². The molecule has 2 aromatic rings. The molecule has 2 rings (SSSR count). The van der Waals surface area contributed by atoms with Crippen LogP contribution < -0.4 is 4.90 Å². The molecule has 0 bridgehead atoms. The average molecular weight is 400 g/mol. The van der Waals surface area contributed by atoms with Crippen LogP contribution in [0.2, 0.25) is 0 Å². The topological polar surface area (TPSA) is 81.5 Å². The Morgan fingerprint density at radius 2 is 1.71 bits per heavy atom. The molecule has 1 unspecified atom stereocenters. The summed E-state index contributed by atoms with van der Waals surface area (Å²) in [5.41, 5.74) is 1.69. The summed E-state index contributed by atoms with van der Waals surface area (Å²) >= 11 is 0. The van der Waals surface area contributed by atoms with Crippen LogP contribution in [-0.2, 0) is 14.6 Å². The van der Waals surface area contributed by atoms with E-state index >= 15 is 0 Å². The molecule has 148 valence electrons. The van der Waals surface area contributed by atoms with Crippen molar-refractivity contribution < 1.29 is 13.2 Å². The molecule has 0 aliphatic heterocycles. The lowest BCUT2D eigenvalue weighted by atomic mass is 10.1.